The van der Waals surface area contributed by atoms with Crippen molar-refractivity contribution in [3.63, 3.8) is 0 Å². The van der Waals surface area contributed by atoms with Gasteiger partial charge < -0.3 is 16.0 Å². The molecule has 0 aliphatic carbocycles. The van der Waals surface area contributed by atoms with Gasteiger partial charge in [0.2, 0.25) is 5.91 Å². The lowest BCUT2D eigenvalue weighted by Gasteiger charge is -2.22. The van der Waals surface area contributed by atoms with Gasteiger partial charge in [-0.25, -0.2) is 4.79 Å². The first-order valence-electron chi connectivity index (χ1n) is 7.64. The van der Waals surface area contributed by atoms with Crippen LogP contribution in [-0.2, 0) is 4.79 Å². The number of nitrogens with one attached hydrogen (secondary N) is 3. The van der Waals surface area contributed by atoms with E-state index in [4.69, 9.17) is 0 Å². The smallest absolute Gasteiger partial charge is 0.319 e. The van der Waals surface area contributed by atoms with Crippen molar-refractivity contribution in [2.45, 2.75) is 19.9 Å². The Morgan fingerprint density at radius 3 is 2.04 bits per heavy atom. The third kappa shape index (κ3) is 5.52. The molecule has 2 aromatic carbocycles. The molecule has 3 amide bonds. The van der Waals surface area contributed by atoms with Crippen molar-refractivity contribution in [1.29, 1.82) is 0 Å². The van der Waals surface area contributed by atoms with Crippen LogP contribution >= 0.6 is 22.6 Å². The van der Waals surface area contributed by atoms with Crippen LogP contribution in [0.15, 0.2) is 54.6 Å². The number of para-hydroxylation sites is 1. The number of carbonyl (C=O) groups excluding carboxylic acids is 2. The average molecular weight is 437 g/mol. The monoisotopic (exact) mass is 437 g/mol. The Labute approximate surface area is 155 Å². The van der Waals surface area contributed by atoms with E-state index in [-0.39, 0.29) is 11.8 Å². The summed E-state index contributed by atoms with van der Waals surface area (Å²) in [6, 6.07) is 15.6. The number of benzene rings is 2. The molecule has 0 fully saturated rings. The number of hydrogen-bond acceptors (Lipinski definition) is 2. The predicted molar refractivity (Wildman–Crippen MR) is 105 cm³/mol. The fourth-order valence-corrected chi connectivity index (χ4v) is 2.48. The van der Waals surface area contributed by atoms with Crippen molar-refractivity contribution in [3.05, 3.63) is 58.2 Å². The molecule has 0 spiro atoms. The molecule has 0 aromatic heterocycles. The van der Waals surface area contributed by atoms with E-state index in [1.807, 2.05) is 56.3 Å². The molecular formula is C18H20IN3O2. The molecule has 2 aromatic rings. The summed E-state index contributed by atoms with van der Waals surface area (Å²) in [4.78, 5) is 24.6. The molecule has 0 aliphatic rings. The van der Waals surface area contributed by atoms with Gasteiger partial charge in [-0.1, -0.05) is 32.0 Å². The number of anilines is 2. The second-order valence-electron chi connectivity index (χ2n) is 5.68. The minimum Gasteiger partial charge on any atom is -0.326 e. The van der Waals surface area contributed by atoms with Crippen LogP contribution in [0.2, 0.25) is 0 Å². The van der Waals surface area contributed by atoms with Crippen LogP contribution in [0.5, 0.6) is 0 Å². The summed E-state index contributed by atoms with van der Waals surface area (Å²) in [6.07, 6.45) is 0. The zero-order valence-corrected chi connectivity index (χ0v) is 15.7. The normalized spacial score (nSPS) is 11.7. The van der Waals surface area contributed by atoms with Crippen molar-refractivity contribution >= 4 is 45.9 Å². The van der Waals surface area contributed by atoms with Gasteiger partial charge in [0.15, 0.2) is 0 Å². The third-order valence-corrected chi connectivity index (χ3v) is 4.10. The van der Waals surface area contributed by atoms with Crippen LogP contribution in [0.3, 0.4) is 0 Å². The summed E-state index contributed by atoms with van der Waals surface area (Å²) in [6.45, 7) is 3.78. The maximum Gasteiger partial charge on any atom is 0.319 e. The summed E-state index contributed by atoms with van der Waals surface area (Å²) in [5, 5.41) is 8.29. The lowest BCUT2D eigenvalue weighted by molar-refractivity contribution is -0.118. The van der Waals surface area contributed by atoms with Crippen LogP contribution in [0.4, 0.5) is 16.2 Å². The molecule has 3 N–H and O–H groups in total. The Morgan fingerprint density at radius 1 is 0.875 bits per heavy atom. The van der Waals surface area contributed by atoms with E-state index in [1.54, 1.807) is 12.1 Å². The molecule has 24 heavy (non-hydrogen) atoms. The minimum atomic E-state index is -0.631. The Morgan fingerprint density at radius 2 is 1.46 bits per heavy atom. The number of hydrogen-bond donors (Lipinski definition) is 3. The van der Waals surface area contributed by atoms with Crippen LogP contribution in [0, 0.1) is 9.49 Å². The molecule has 1 unspecified atom stereocenters. The quantitative estimate of drug-likeness (QED) is 0.618. The second kappa shape index (κ2) is 8.68. The van der Waals surface area contributed by atoms with Crippen molar-refractivity contribution in [3.8, 4) is 0 Å². The van der Waals surface area contributed by atoms with E-state index in [0.717, 1.165) is 3.57 Å². The maximum absolute atomic E-state index is 12.5. The highest BCUT2D eigenvalue weighted by atomic mass is 127. The molecular weight excluding hydrogens is 417 g/mol. The molecule has 5 nitrogen and oxygen atoms in total. The summed E-state index contributed by atoms with van der Waals surface area (Å²) in [5.74, 6) is -0.287. The number of halogens is 1. The highest BCUT2D eigenvalue weighted by Gasteiger charge is 2.24. The molecule has 126 valence electrons. The summed E-state index contributed by atoms with van der Waals surface area (Å²) in [5.41, 5.74) is 1.38. The van der Waals surface area contributed by atoms with E-state index >= 15 is 0 Å². The van der Waals surface area contributed by atoms with Gasteiger partial charge in [0.05, 0.1) is 0 Å². The van der Waals surface area contributed by atoms with Gasteiger partial charge in [0.25, 0.3) is 0 Å². The molecule has 0 saturated carbocycles. The standard InChI is InChI=1S/C18H20IN3O2/c1-12(2)16(17(23)20-15-10-8-13(19)9-11-15)22-18(24)21-14-6-4-3-5-7-14/h3-12,16H,1-2H3,(H,20,23)(H2,21,22,24). The highest BCUT2D eigenvalue weighted by Crippen LogP contribution is 2.13. The molecule has 0 heterocycles. The highest BCUT2D eigenvalue weighted by molar-refractivity contribution is 14.1. The van der Waals surface area contributed by atoms with Crippen molar-refractivity contribution < 1.29 is 9.59 Å². The zero-order chi connectivity index (χ0) is 17.5. The summed E-state index contributed by atoms with van der Waals surface area (Å²) in [7, 11) is 0. The Bertz CT molecular complexity index is 687. The molecule has 0 aliphatic heterocycles. The summed E-state index contributed by atoms with van der Waals surface area (Å²) >= 11 is 2.20. The number of rotatable bonds is 5. The van der Waals surface area contributed by atoms with Crippen molar-refractivity contribution in [1.82, 2.24) is 5.32 Å². The molecule has 0 saturated heterocycles. The first-order valence-corrected chi connectivity index (χ1v) is 8.72. The number of carbonyl (C=O) groups is 2. The maximum atomic E-state index is 12.5. The number of amides is 3. The molecule has 0 radical (unpaired) electrons. The third-order valence-electron chi connectivity index (χ3n) is 3.38. The first-order chi connectivity index (χ1) is 11.5. The van der Waals surface area contributed by atoms with E-state index < -0.39 is 12.1 Å². The fourth-order valence-electron chi connectivity index (χ4n) is 2.12. The molecule has 6 heteroatoms. The fraction of sp³-hybridized carbons (Fsp3) is 0.222. The van der Waals surface area contributed by atoms with Gasteiger partial charge in [-0.2, -0.15) is 0 Å². The van der Waals surface area contributed by atoms with Gasteiger partial charge in [0.1, 0.15) is 6.04 Å². The lowest BCUT2D eigenvalue weighted by Crippen LogP contribution is -2.48. The van der Waals surface area contributed by atoms with Gasteiger partial charge in [-0.05, 0) is 64.9 Å². The Kier molecular flexibility index (Phi) is 6.60. The Balaban J connectivity index is 1.98. The average Bonchev–Trinajstić information content (AvgIpc) is 2.55. The van der Waals surface area contributed by atoms with Gasteiger partial charge >= 0.3 is 6.03 Å². The SMILES string of the molecule is CC(C)C(NC(=O)Nc1ccccc1)C(=O)Nc1ccc(I)cc1. The van der Waals surface area contributed by atoms with Crippen molar-refractivity contribution in [2.75, 3.05) is 10.6 Å². The molecule has 0 bridgehead atoms. The van der Waals surface area contributed by atoms with E-state index in [0.29, 0.717) is 11.4 Å². The van der Waals surface area contributed by atoms with E-state index in [1.165, 1.54) is 0 Å². The topological polar surface area (TPSA) is 70.2 Å². The van der Waals surface area contributed by atoms with Crippen LogP contribution in [-0.4, -0.2) is 18.0 Å². The predicted octanol–water partition coefficient (Wildman–Crippen LogP) is 4.08. The van der Waals surface area contributed by atoms with Crippen molar-refractivity contribution in [2.24, 2.45) is 5.92 Å². The van der Waals surface area contributed by atoms with Crippen LogP contribution in [0.1, 0.15) is 13.8 Å². The van der Waals surface area contributed by atoms with Gasteiger partial charge in [0, 0.05) is 14.9 Å². The zero-order valence-electron chi connectivity index (χ0n) is 13.5. The second-order valence-corrected chi connectivity index (χ2v) is 6.93. The van der Waals surface area contributed by atoms with Crippen LogP contribution < -0.4 is 16.0 Å². The summed E-state index contributed by atoms with van der Waals surface area (Å²) < 4.78 is 1.09. The van der Waals surface area contributed by atoms with Gasteiger partial charge in [-0.15, -0.1) is 0 Å². The Hall–Kier alpha value is -2.09. The largest absolute Gasteiger partial charge is 0.326 e. The minimum absolute atomic E-state index is 0.0460. The molecule has 1 atom stereocenters. The van der Waals surface area contributed by atoms with Gasteiger partial charge in [-0.3, -0.25) is 4.79 Å². The first kappa shape index (κ1) is 18.3. The van der Waals surface area contributed by atoms with E-state index in [2.05, 4.69) is 38.5 Å². The molecule has 2 rings (SSSR count). The van der Waals surface area contributed by atoms with E-state index in [9.17, 15) is 9.59 Å². The number of urea groups is 1. The lowest BCUT2D eigenvalue weighted by atomic mass is 10.0. The van der Waals surface area contributed by atoms with Crippen LogP contribution in [0.25, 0.3) is 0 Å².